The van der Waals surface area contributed by atoms with E-state index in [0.717, 1.165) is 28.2 Å². The Hall–Kier alpha value is -3.99. The molecule has 0 aliphatic rings. The number of carbonyl (C=O) groups excluding carboxylic acids is 1. The van der Waals surface area contributed by atoms with Crippen LogP contribution in [0.1, 0.15) is 21.5 Å². The van der Waals surface area contributed by atoms with Crippen LogP contribution in [0.2, 0.25) is 0 Å². The van der Waals surface area contributed by atoms with E-state index in [-0.39, 0.29) is 5.91 Å². The first-order chi connectivity index (χ1) is 14.6. The number of aromatic nitrogens is 2. The molecule has 1 heterocycles. The van der Waals surface area contributed by atoms with Crippen molar-refractivity contribution in [1.82, 2.24) is 10.2 Å². The molecule has 4 aromatic rings. The minimum atomic E-state index is -0.138. The summed E-state index contributed by atoms with van der Waals surface area (Å²) in [7, 11) is 0. The fourth-order valence-electron chi connectivity index (χ4n) is 3.16. The molecule has 0 atom stereocenters. The standard InChI is InChI=1S/C25H22N4O/c1-17-8-13-22(18(2)16-17)27-25(30)20-9-11-21(12-10-20)26-24-15-14-23(28-29-24)19-6-4-3-5-7-19/h3-16H,1-2H3,(H,26,29)(H,27,30). The summed E-state index contributed by atoms with van der Waals surface area (Å²) in [5, 5.41) is 14.7. The first-order valence-electron chi connectivity index (χ1n) is 9.73. The van der Waals surface area contributed by atoms with Gasteiger partial charge in [0.25, 0.3) is 5.91 Å². The minimum absolute atomic E-state index is 0.138. The van der Waals surface area contributed by atoms with Crippen molar-refractivity contribution in [3.8, 4) is 11.3 Å². The number of hydrogen-bond donors (Lipinski definition) is 2. The number of nitrogens with one attached hydrogen (secondary N) is 2. The number of rotatable bonds is 5. The van der Waals surface area contributed by atoms with Crippen molar-refractivity contribution in [2.75, 3.05) is 10.6 Å². The maximum absolute atomic E-state index is 12.5. The lowest BCUT2D eigenvalue weighted by atomic mass is 10.1. The molecule has 0 saturated heterocycles. The molecule has 30 heavy (non-hydrogen) atoms. The summed E-state index contributed by atoms with van der Waals surface area (Å²) in [5.41, 5.74) is 6.29. The SMILES string of the molecule is Cc1ccc(NC(=O)c2ccc(Nc3ccc(-c4ccccc4)nn3)cc2)c(C)c1. The van der Waals surface area contributed by atoms with Gasteiger partial charge in [-0.1, -0.05) is 48.0 Å². The zero-order chi connectivity index (χ0) is 20.9. The molecular formula is C25H22N4O. The highest BCUT2D eigenvalue weighted by Gasteiger charge is 2.08. The molecule has 0 spiro atoms. The van der Waals surface area contributed by atoms with Crippen LogP contribution in [0.15, 0.2) is 84.9 Å². The van der Waals surface area contributed by atoms with Crippen LogP contribution >= 0.6 is 0 Å². The van der Waals surface area contributed by atoms with Gasteiger partial charge in [-0.25, -0.2) is 0 Å². The second kappa shape index (κ2) is 8.57. The maximum Gasteiger partial charge on any atom is 0.255 e. The first kappa shape index (κ1) is 19.3. The zero-order valence-corrected chi connectivity index (χ0v) is 16.9. The Morgan fingerprint density at radius 1 is 0.800 bits per heavy atom. The Labute approximate surface area is 175 Å². The van der Waals surface area contributed by atoms with Crippen LogP contribution in [0.25, 0.3) is 11.3 Å². The molecule has 0 saturated carbocycles. The molecule has 1 amide bonds. The number of hydrogen-bond acceptors (Lipinski definition) is 4. The fraction of sp³-hybridized carbons (Fsp3) is 0.0800. The van der Waals surface area contributed by atoms with E-state index in [1.54, 1.807) is 12.1 Å². The van der Waals surface area contributed by atoms with Gasteiger partial charge in [0.15, 0.2) is 5.82 Å². The molecule has 4 rings (SSSR count). The van der Waals surface area contributed by atoms with Gasteiger partial charge in [0, 0.05) is 22.5 Å². The van der Waals surface area contributed by atoms with Gasteiger partial charge in [0.1, 0.15) is 0 Å². The van der Waals surface area contributed by atoms with E-state index in [2.05, 4.69) is 20.8 Å². The summed E-state index contributed by atoms with van der Waals surface area (Å²) in [6.45, 7) is 4.02. The molecule has 148 valence electrons. The van der Waals surface area contributed by atoms with Crippen molar-refractivity contribution in [3.63, 3.8) is 0 Å². The Kier molecular flexibility index (Phi) is 5.52. The van der Waals surface area contributed by atoms with Gasteiger partial charge in [-0.2, -0.15) is 0 Å². The minimum Gasteiger partial charge on any atom is -0.339 e. The maximum atomic E-state index is 12.5. The fourth-order valence-corrected chi connectivity index (χ4v) is 3.16. The second-order valence-corrected chi connectivity index (χ2v) is 7.14. The third-order valence-corrected chi connectivity index (χ3v) is 4.78. The number of aryl methyl sites for hydroxylation is 2. The Balaban J connectivity index is 1.41. The lowest BCUT2D eigenvalue weighted by molar-refractivity contribution is 0.102. The summed E-state index contributed by atoms with van der Waals surface area (Å²) in [6.07, 6.45) is 0. The van der Waals surface area contributed by atoms with Gasteiger partial charge >= 0.3 is 0 Å². The topological polar surface area (TPSA) is 66.9 Å². The normalized spacial score (nSPS) is 10.5. The Bertz CT molecular complexity index is 1150. The van der Waals surface area contributed by atoms with Gasteiger partial charge in [-0.15, -0.1) is 10.2 Å². The van der Waals surface area contributed by atoms with Gasteiger partial charge in [0.05, 0.1) is 5.69 Å². The van der Waals surface area contributed by atoms with E-state index < -0.39 is 0 Å². The van der Waals surface area contributed by atoms with Crippen molar-refractivity contribution in [3.05, 3.63) is 102 Å². The van der Waals surface area contributed by atoms with Crippen LogP contribution in [-0.2, 0) is 0 Å². The average Bonchev–Trinajstić information content (AvgIpc) is 2.77. The van der Waals surface area contributed by atoms with Crippen LogP contribution in [0.5, 0.6) is 0 Å². The van der Waals surface area contributed by atoms with Crippen molar-refractivity contribution in [1.29, 1.82) is 0 Å². The molecule has 0 radical (unpaired) electrons. The molecule has 1 aromatic heterocycles. The van der Waals surface area contributed by atoms with Crippen molar-refractivity contribution in [2.24, 2.45) is 0 Å². The lowest BCUT2D eigenvalue weighted by Crippen LogP contribution is -2.12. The van der Waals surface area contributed by atoms with Crippen molar-refractivity contribution in [2.45, 2.75) is 13.8 Å². The summed E-state index contributed by atoms with van der Waals surface area (Å²) in [6, 6.07) is 27.0. The number of anilines is 3. The van der Waals surface area contributed by atoms with Crippen LogP contribution in [-0.4, -0.2) is 16.1 Å². The van der Waals surface area contributed by atoms with Crippen LogP contribution in [0.4, 0.5) is 17.2 Å². The lowest BCUT2D eigenvalue weighted by Gasteiger charge is -2.10. The van der Waals surface area contributed by atoms with E-state index >= 15 is 0 Å². The number of carbonyl (C=O) groups is 1. The Morgan fingerprint density at radius 2 is 1.57 bits per heavy atom. The largest absolute Gasteiger partial charge is 0.339 e. The van der Waals surface area contributed by atoms with Crippen LogP contribution < -0.4 is 10.6 Å². The third-order valence-electron chi connectivity index (χ3n) is 4.78. The van der Waals surface area contributed by atoms with Gasteiger partial charge in [-0.3, -0.25) is 4.79 Å². The highest BCUT2D eigenvalue weighted by Crippen LogP contribution is 2.20. The monoisotopic (exact) mass is 394 g/mol. The van der Waals surface area contributed by atoms with E-state index in [4.69, 9.17) is 0 Å². The molecule has 2 N–H and O–H groups in total. The predicted molar refractivity (Wildman–Crippen MR) is 121 cm³/mol. The van der Waals surface area contributed by atoms with Crippen LogP contribution in [0, 0.1) is 13.8 Å². The Morgan fingerprint density at radius 3 is 2.23 bits per heavy atom. The highest BCUT2D eigenvalue weighted by atomic mass is 16.1. The van der Waals surface area contributed by atoms with Gasteiger partial charge in [-0.05, 0) is 61.9 Å². The molecular weight excluding hydrogens is 372 g/mol. The van der Waals surface area contributed by atoms with Crippen molar-refractivity contribution < 1.29 is 4.79 Å². The molecule has 0 fully saturated rings. The van der Waals surface area contributed by atoms with Crippen molar-refractivity contribution >= 4 is 23.1 Å². The smallest absolute Gasteiger partial charge is 0.255 e. The molecule has 0 unspecified atom stereocenters. The van der Waals surface area contributed by atoms with E-state index in [0.29, 0.717) is 11.4 Å². The predicted octanol–water partition coefficient (Wildman–Crippen LogP) is 5.76. The molecule has 3 aromatic carbocycles. The number of benzene rings is 3. The van der Waals surface area contributed by atoms with E-state index in [9.17, 15) is 4.79 Å². The zero-order valence-electron chi connectivity index (χ0n) is 16.9. The average molecular weight is 394 g/mol. The molecule has 5 nitrogen and oxygen atoms in total. The first-order valence-corrected chi connectivity index (χ1v) is 9.73. The highest BCUT2D eigenvalue weighted by molar-refractivity contribution is 6.04. The van der Waals surface area contributed by atoms with Crippen LogP contribution in [0.3, 0.4) is 0 Å². The number of amides is 1. The summed E-state index contributed by atoms with van der Waals surface area (Å²) < 4.78 is 0. The molecule has 5 heteroatoms. The second-order valence-electron chi connectivity index (χ2n) is 7.14. The van der Waals surface area contributed by atoms with Gasteiger partial charge < -0.3 is 10.6 Å². The quantitative estimate of drug-likeness (QED) is 0.452. The molecule has 0 bridgehead atoms. The number of nitrogens with zero attached hydrogens (tertiary/aromatic N) is 2. The summed E-state index contributed by atoms with van der Waals surface area (Å²) in [5.74, 6) is 0.502. The molecule has 0 aliphatic carbocycles. The summed E-state index contributed by atoms with van der Waals surface area (Å²) >= 11 is 0. The third kappa shape index (κ3) is 4.52. The molecule has 0 aliphatic heterocycles. The summed E-state index contributed by atoms with van der Waals surface area (Å²) in [4.78, 5) is 12.5. The van der Waals surface area contributed by atoms with Gasteiger partial charge in [0.2, 0.25) is 0 Å². The van der Waals surface area contributed by atoms with E-state index in [1.807, 2.05) is 86.6 Å². The van der Waals surface area contributed by atoms with E-state index in [1.165, 1.54) is 5.56 Å².